The molecule has 0 aromatic carbocycles. The normalized spacial score (nSPS) is 22.4. The van der Waals surface area contributed by atoms with E-state index in [4.69, 9.17) is 0 Å². The van der Waals surface area contributed by atoms with E-state index >= 15 is 0 Å². The average molecular weight is 316 g/mol. The zero-order valence-corrected chi connectivity index (χ0v) is 14.3. The van der Waals surface area contributed by atoms with Gasteiger partial charge >= 0.3 is 0 Å². The first kappa shape index (κ1) is 15.9. The molecule has 1 aliphatic rings. The summed E-state index contributed by atoms with van der Waals surface area (Å²) in [5.41, 5.74) is 1.06. The minimum atomic E-state index is -3.32. The van der Waals surface area contributed by atoms with Gasteiger partial charge in [-0.15, -0.1) is 11.3 Å². The number of sulfonamides is 1. The minimum absolute atomic E-state index is 0.471. The van der Waals surface area contributed by atoms with Gasteiger partial charge in [0.15, 0.2) is 0 Å². The molecule has 2 atom stereocenters. The van der Waals surface area contributed by atoms with Crippen molar-refractivity contribution in [3.8, 4) is 0 Å². The van der Waals surface area contributed by atoms with Crippen LogP contribution in [-0.2, 0) is 16.6 Å². The largest absolute Gasteiger partial charge is 0.312 e. The van der Waals surface area contributed by atoms with Crippen molar-refractivity contribution >= 4 is 21.4 Å². The third-order valence-corrected chi connectivity index (χ3v) is 7.48. The third-order valence-electron chi connectivity index (χ3n) is 3.97. The van der Waals surface area contributed by atoms with Crippen LogP contribution in [0.25, 0.3) is 0 Å². The zero-order valence-electron chi connectivity index (χ0n) is 12.6. The summed E-state index contributed by atoms with van der Waals surface area (Å²) in [7, 11) is -1.63. The van der Waals surface area contributed by atoms with E-state index in [9.17, 15) is 8.42 Å². The molecule has 6 heteroatoms. The van der Waals surface area contributed by atoms with Crippen molar-refractivity contribution < 1.29 is 8.42 Å². The highest BCUT2D eigenvalue weighted by Crippen LogP contribution is 2.39. The SMILES string of the molecule is CCNCc1sc(S(=O)(=O)N(C)CC2CC2C)cc1C. The van der Waals surface area contributed by atoms with Gasteiger partial charge in [-0.2, -0.15) is 4.31 Å². The number of hydrogen-bond acceptors (Lipinski definition) is 4. The summed E-state index contributed by atoms with van der Waals surface area (Å²) in [6.45, 7) is 8.47. The lowest BCUT2D eigenvalue weighted by Crippen LogP contribution is -2.28. The molecular weight excluding hydrogens is 292 g/mol. The van der Waals surface area contributed by atoms with Crippen molar-refractivity contribution in [2.45, 2.75) is 37.9 Å². The zero-order chi connectivity index (χ0) is 14.9. The summed E-state index contributed by atoms with van der Waals surface area (Å²) < 4.78 is 27.1. The maximum absolute atomic E-state index is 12.6. The lowest BCUT2D eigenvalue weighted by molar-refractivity contribution is 0.446. The molecule has 1 saturated carbocycles. The van der Waals surface area contributed by atoms with E-state index in [0.29, 0.717) is 22.6 Å². The number of rotatable bonds is 7. The van der Waals surface area contributed by atoms with Crippen LogP contribution < -0.4 is 5.32 Å². The Hall–Kier alpha value is -0.430. The predicted molar refractivity (Wildman–Crippen MR) is 83.5 cm³/mol. The third kappa shape index (κ3) is 3.42. The second-order valence-corrected chi connectivity index (χ2v) is 9.12. The lowest BCUT2D eigenvalue weighted by atomic mass is 10.3. The Bertz CT molecular complexity index is 566. The smallest absolute Gasteiger partial charge is 0.252 e. The molecule has 1 aromatic heterocycles. The molecule has 1 aromatic rings. The van der Waals surface area contributed by atoms with Crippen molar-refractivity contribution in [2.75, 3.05) is 20.1 Å². The van der Waals surface area contributed by atoms with E-state index < -0.39 is 10.0 Å². The van der Waals surface area contributed by atoms with Crippen LogP contribution in [0.15, 0.2) is 10.3 Å². The predicted octanol–water partition coefficient (Wildman–Crippen LogP) is 2.44. The van der Waals surface area contributed by atoms with Crippen LogP contribution in [0.5, 0.6) is 0 Å². The van der Waals surface area contributed by atoms with Crippen LogP contribution >= 0.6 is 11.3 Å². The standard InChI is InChI=1S/C14H24N2O2S2/c1-5-15-8-13-11(3)7-14(19-13)20(17,18)16(4)9-12-6-10(12)2/h7,10,12,15H,5-6,8-9H2,1-4H3. The number of nitrogens with zero attached hydrogens (tertiary/aromatic N) is 1. The molecule has 2 unspecified atom stereocenters. The Morgan fingerprint density at radius 3 is 2.70 bits per heavy atom. The van der Waals surface area contributed by atoms with E-state index in [1.165, 1.54) is 15.6 Å². The minimum Gasteiger partial charge on any atom is -0.312 e. The van der Waals surface area contributed by atoms with E-state index in [-0.39, 0.29) is 0 Å². The molecule has 1 aliphatic carbocycles. The van der Waals surface area contributed by atoms with E-state index in [1.54, 1.807) is 13.1 Å². The van der Waals surface area contributed by atoms with Crippen LogP contribution in [0.2, 0.25) is 0 Å². The molecule has 0 spiro atoms. The molecule has 20 heavy (non-hydrogen) atoms. The van der Waals surface area contributed by atoms with E-state index in [1.807, 2.05) is 13.8 Å². The van der Waals surface area contributed by atoms with Crippen molar-refractivity contribution in [1.29, 1.82) is 0 Å². The van der Waals surface area contributed by atoms with Crippen molar-refractivity contribution in [3.05, 3.63) is 16.5 Å². The highest BCUT2D eigenvalue weighted by Gasteiger charge is 2.36. The number of thiophene rings is 1. The fourth-order valence-electron chi connectivity index (χ4n) is 2.27. The molecule has 1 fully saturated rings. The van der Waals surface area contributed by atoms with E-state index in [0.717, 1.165) is 30.0 Å². The van der Waals surface area contributed by atoms with Gasteiger partial charge in [0.2, 0.25) is 0 Å². The fraction of sp³-hybridized carbons (Fsp3) is 0.714. The summed E-state index contributed by atoms with van der Waals surface area (Å²) in [5.74, 6) is 1.21. The van der Waals surface area contributed by atoms with Gasteiger partial charge in [0.25, 0.3) is 10.0 Å². The van der Waals surface area contributed by atoms with Gasteiger partial charge in [0.1, 0.15) is 4.21 Å². The highest BCUT2D eigenvalue weighted by atomic mass is 32.2. The molecule has 0 bridgehead atoms. The Kier molecular flexibility index (Phi) is 4.89. The van der Waals surface area contributed by atoms with Gasteiger partial charge in [0.05, 0.1) is 0 Å². The molecule has 114 valence electrons. The highest BCUT2D eigenvalue weighted by molar-refractivity contribution is 7.91. The van der Waals surface area contributed by atoms with Crippen molar-refractivity contribution in [3.63, 3.8) is 0 Å². The summed E-state index contributed by atoms with van der Waals surface area (Å²) in [6.07, 6.45) is 1.15. The second-order valence-electron chi connectivity index (χ2n) is 5.71. The summed E-state index contributed by atoms with van der Waals surface area (Å²) in [5, 5.41) is 3.25. The van der Waals surface area contributed by atoms with Gasteiger partial charge in [-0.25, -0.2) is 8.42 Å². The average Bonchev–Trinajstić information content (AvgIpc) is 2.94. The fourth-order valence-corrected chi connectivity index (χ4v) is 5.26. The van der Waals surface area contributed by atoms with Crippen LogP contribution in [0.3, 0.4) is 0 Å². The molecule has 0 saturated heterocycles. The van der Waals surface area contributed by atoms with Crippen LogP contribution in [0.1, 0.15) is 30.7 Å². The topological polar surface area (TPSA) is 49.4 Å². The first-order valence-electron chi connectivity index (χ1n) is 7.12. The van der Waals surface area contributed by atoms with Crippen molar-refractivity contribution in [2.24, 2.45) is 11.8 Å². The summed E-state index contributed by atoms with van der Waals surface area (Å²) in [4.78, 5) is 1.11. The summed E-state index contributed by atoms with van der Waals surface area (Å²) >= 11 is 1.39. The number of hydrogen-bond donors (Lipinski definition) is 1. The van der Waals surface area contributed by atoms with Crippen molar-refractivity contribution in [1.82, 2.24) is 9.62 Å². The Morgan fingerprint density at radius 1 is 1.50 bits per heavy atom. The molecule has 0 radical (unpaired) electrons. The second kappa shape index (κ2) is 6.13. The maximum Gasteiger partial charge on any atom is 0.252 e. The molecule has 1 heterocycles. The quantitative estimate of drug-likeness (QED) is 0.840. The molecule has 4 nitrogen and oxygen atoms in total. The molecule has 2 rings (SSSR count). The van der Waals surface area contributed by atoms with Gasteiger partial charge in [-0.1, -0.05) is 13.8 Å². The Morgan fingerprint density at radius 2 is 2.15 bits per heavy atom. The van der Waals surface area contributed by atoms with Crippen LogP contribution in [0.4, 0.5) is 0 Å². The van der Waals surface area contributed by atoms with Gasteiger partial charge < -0.3 is 5.32 Å². The summed E-state index contributed by atoms with van der Waals surface area (Å²) in [6, 6.07) is 1.81. The molecule has 0 aliphatic heterocycles. The Balaban J connectivity index is 2.12. The molecule has 0 amide bonds. The monoisotopic (exact) mass is 316 g/mol. The lowest BCUT2D eigenvalue weighted by Gasteiger charge is -2.15. The number of nitrogens with one attached hydrogen (secondary N) is 1. The van der Waals surface area contributed by atoms with Gasteiger partial charge in [-0.3, -0.25) is 0 Å². The number of aryl methyl sites for hydroxylation is 1. The molecular formula is C14H24N2O2S2. The van der Waals surface area contributed by atoms with E-state index in [2.05, 4.69) is 12.2 Å². The first-order valence-corrected chi connectivity index (χ1v) is 9.38. The molecule has 1 N–H and O–H groups in total. The first-order chi connectivity index (χ1) is 9.36. The maximum atomic E-state index is 12.6. The van der Waals surface area contributed by atoms with Crippen LogP contribution in [-0.4, -0.2) is 32.9 Å². The van der Waals surface area contributed by atoms with Crippen LogP contribution in [0, 0.1) is 18.8 Å². The Labute approximate surface area is 126 Å². The van der Waals surface area contributed by atoms with Gasteiger partial charge in [-0.05, 0) is 43.4 Å². The van der Waals surface area contributed by atoms with Gasteiger partial charge in [0, 0.05) is 25.0 Å².